The molecule has 5 rings (SSSR count). The lowest BCUT2D eigenvalue weighted by atomic mass is 9.98. The lowest BCUT2D eigenvalue weighted by Gasteiger charge is -2.14. The molecule has 1 unspecified atom stereocenters. The Kier molecular flexibility index (Phi) is 5.94. The summed E-state index contributed by atoms with van der Waals surface area (Å²) in [7, 11) is 0. The molecule has 2 N–H and O–H groups in total. The molecule has 35 heavy (non-hydrogen) atoms. The van der Waals surface area contributed by atoms with Crippen LogP contribution in [0.1, 0.15) is 28.5 Å². The van der Waals surface area contributed by atoms with E-state index in [1.54, 1.807) is 24.3 Å². The molecule has 0 spiro atoms. The van der Waals surface area contributed by atoms with Gasteiger partial charge in [0, 0.05) is 18.2 Å². The Labute approximate surface area is 202 Å². The van der Waals surface area contributed by atoms with Crippen LogP contribution in [0, 0.1) is 11.8 Å². The highest BCUT2D eigenvalue weighted by Gasteiger charge is 2.35. The molecule has 1 heterocycles. The van der Waals surface area contributed by atoms with E-state index >= 15 is 0 Å². The number of carboxylic acid groups (broad SMARTS) is 1. The fourth-order valence-electron chi connectivity index (χ4n) is 4.76. The number of carbonyl (C=O) groups excluding carboxylic acids is 2. The summed E-state index contributed by atoms with van der Waals surface area (Å²) in [6.45, 7) is 0.148. The van der Waals surface area contributed by atoms with Crippen molar-refractivity contribution in [2.75, 3.05) is 24.6 Å². The Bertz CT molecular complexity index is 1340. The minimum atomic E-state index is -0.988. The van der Waals surface area contributed by atoms with Gasteiger partial charge in [-0.15, -0.1) is 0 Å². The number of amides is 2. The van der Waals surface area contributed by atoms with Gasteiger partial charge in [0.15, 0.2) is 0 Å². The lowest BCUT2D eigenvalue weighted by Crippen LogP contribution is -2.30. The number of para-hydroxylation sites is 1. The highest BCUT2D eigenvalue weighted by molar-refractivity contribution is 6.08. The zero-order valence-corrected chi connectivity index (χ0v) is 18.7. The van der Waals surface area contributed by atoms with Gasteiger partial charge in [0.2, 0.25) is 0 Å². The molecule has 0 saturated carbocycles. The van der Waals surface area contributed by atoms with Crippen molar-refractivity contribution in [3.63, 3.8) is 0 Å². The van der Waals surface area contributed by atoms with E-state index < -0.39 is 23.9 Å². The van der Waals surface area contributed by atoms with E-state index in [2.05, 4.69) is 29.3 Å². The Morgan fingerprint density at radius 3 is 2.17 bits per heavy atom. The van der Waals surface area contributed by atoms with Gasteiger partial charge in [0.25, 0.3) is 0 Å². The predicted molar refractivity (Wildman–Crippen MR) is 130 cm³/mol. The third-order valence-corrected chi connectivity index (χ3v) is 6.37. The van der Waals surface area contributed by atoms with Crippen LogP contribution in [0.15, 0.2) is 72.8 Å². The number of nitrogens with zero attached hydrogens (tertiary/aromatic N) is 1. The number of rotatable bonds is 4. The Morgan fingerprint density at radius 1 is 0.914 bits per heavy atom. The summed E-state index contributed by atoms with van der Waals surface area (Å²) in [6, 6.07) is 23.1. The van der Waals surface area contributed by atoms with Gasteiger partial charge in [-0.3, -0.25) is 9.59 Å². The maximum Gasteiger partial charge on any atom is 0.407 e. The zero-order valence-electron chi connectivity index (χ0n) is 18.7. The molecule has 174 valence electrons. The number of benzene rings is 3. The summed E-state index contributed by atoms with van der Waals surface area (Å²) in [6.07, 6.45) is -0.619. The number of carboxylic acids is 1. The van der Waals surface area contributed by atoms with E-state index in [9.17, 15) is 19.5 Å². The molecule has 0 bridgehead atoms. The van der Waals surface area contributed by atoms with Crippen molar-refractivity contribution < 1.29 is 24.2 Å². The Balaban J connectivity index is 1.16. The number of fused-ring (bicyclic) bond motifs is 4. The molecule has 0 radical (unpaired) electrons. The highest BCUT2D eigenvalue weighted by atomic mass is 16.5. The molecule has 3 aromatic carbocycles. The van der Waals surface area contributed by atoms with E-state index in [0.717, 1.165) is 22.3 Å². The van der Waals surface area contributed by atoms with Gasteiger partial charge in [-0.1, -0.05) is 72.7 Å². The van der Waals surface area contributed by atoms with Crippen molar-refractivity contribution in [1.29, 1.82) is 0 Å². The molecular weight excluding hydrogens is 444 g/mol. The van der Waals surface area contributed by atoms with Gasteiger partial charge in [-0.05, 0) is 39.8 Å². The van der Waals surface area contributed by atoms with Crippen LogP contribution in [0.5, 0.6) is 0 Å². The van der Waals surface area contributed by atoms with Crippen LogP contribution in [0.25, 0.3) is 11.1 Å². The highest BCUT2D eigenvalue weighted by Crippen LogP contribution is 2.44. The normalized spacial score (nSPS) is 15.3. The quantitative estimate of drug-likeness (QED) is 0.571. The van der Waals surface area contributed by atoms with Crippen molar-refractivity contribution >= 4 is 23.7 Å². The van der Waals surface area contributed by atoms with Crippen molar-refractivity contribution in [2.24, 2.45) is 0 Å². The second kappa shape index (κ2) is 9.35. The van der Waals surface area contributed by atoms with Gasteiger partial charge < -0.3 is 20.1 Å². The molecule has 1 atom stereocenters. The summed E-state index contributed by atoms with van der Waals surface area (Å²) >= 11 is 0. The SMILES string of the molecule is O=C(NCC#CC(=O)N1CC(C(=O)O)c2ccccc21)OCC1c2ccccc2-c2ccccc21. The number of anilines is 1. The molecule has 1 aliphatic heterocycles. The summed E-state index contributed by atoms with van der Waals surface area (Å²) in [5.74, 6) is 2.77. The van der Waals surface area contributed by atoms with E-state index in [1.165, 1.54) is 4.90 Å². The van der Waals surface area contributed by atoms with E-state index in [1.807, 2.05) is 36.4 Å². The molecule has 0 aromatic heterocycles. The molecule has 7 heteroatoms. The fraction of sp³-hybridized carbons (Fsp3) is 0.179. The average molecular weight is 466 g/mol. The first-order valence-corrected chi connectivity index (χ1v) is 11.3. The van der Waals surface area contributed by atoms with Crippen LogP contribution in [0.2, 0.25) is 0 Å². The number of carbonyl (C=O) groups is 3. The molecule has 2 aliphatic rings. The summed E-state index contributed by atoms with van der Waals surface area (Å²) < 4.78 is 5.45. The van der Waals surface area contributed by atoms with Crippen LogP contribution in [0.3, 0.4) is 0 Å². The predicted octanol–water partition coefficient (Wildman–Crippen LogP) is 3.74. The number of alkyl carbamates (subject to hydrolysis) is 1. The average Bonchev–Trinajstić information content (AvgIpc) is 3.42. The van der Waals surface area contributed by atoms with Gasteiger partial charge in [-0.2, -0.15) is 0 Å². The van der Waals surface area contributed by atoms with Crippen LogP contribution in [0.4, 0.5) is 10.5 Å². The minimum absolute atomic E-state index is 0.0298. The zero-order chi connectivity index (χ0) is 24.4. The number of nitrogens with one attached hydrogen (secondary N) is 1. The second-order valence-electron chi connectivity index (χ2n) is 8.35. The van der Waals surface area contributed by atoms with Gasteiger partial charge in [0.05, 0.1) is 6.54 Å². The van der Waals surface area contributed by atoms with E-state index in [-0.39, 0.29) is 25.6 Å². The third kappa shape index (κ3) is 4.22. The molecule has 3 aromatic rings. The maximum atomic E-state index is 12.6. The first-order valence-electron chi connectivity index (χ1n) is 11.3. The molecule has 0 fully saturated rings. The first-order chi connectivity index (χ1) is 17.0. The fourth-order valence-corrected chi connectivity index (χ4v) is 4.76. The smallest absolute Gasteiger partial charge is 0.407 e. The Hall–Kier alpha value is -4.57. The largest absolute Gasteiger partial charge is 0.481 e. The summed E-state index contributed by atoms with van der Waals surface area (Å²) in [4.78, 5) is 37.7. The van der Waals surface area contributed by atoms with Crippen LogP contribution in [-0.2, 0) is 14.3 Å². The van der Waals surface area contributed by atoms with Crippen molar-refractivity contribution in [3.05, 3.63) is 89.5 Å². The summed E-state index contributed by atoms with van der Waals surface area (Å²) in [5, 5.41) is 12.0. The standard InChI is InChI=1S/C28H22N2O5/c31-26(30-16-23(27(32)33)22-12-5-6-13-25(22)30)14-7-15-29-28(34)35-17-24-20-10-3-1-8-18(20)19-9-2-4-11-21(19)24/h1-6,8-13,23-24H,15-17H2,(H,29,34)(H,32,33). The molecule has 1 aliphatic carbocycles. The topological polar surface area (TPSA) is 95.9 Å². The monoisotopic (exact) mass is 466 g/mol. The van der Waals surface area contributed by atoms with Crippen molar-refractivity contribution in [1.82, 2.24) is 5.32 Å². The van der Waals surface area contributed by atoms with Crippen molar-refractivity contribution in [3.8, 4) is 23.0 Å². The summed E-state index contributed by atoms with van der Waals surface area (Å²) in [5.41, 5.74) is 5.68. The maximum absolute atomic E-state index is 12.6. The van der Waals surface area contributed by atoms with E-state index in [0.29, 0.717) is 11.3 Å². The van der Waals surface area contributed by atoms with Crippen LogP contribution >= 0.6 is 0 Å². The van der Waals surface area contributed by atoms with Gasteiger partial charge in [-0.25, -0.2) is 4.79 Å². The van der Waals surface area contributed by atoms with Gasteiger partial charge >= 0.3 is 18.0 Å². The second-order valence-corrected chi connectivity index (χ2v) is 8.35. The molecular formula is C28H22N2O5. The molecule has 7 nitrogen and oxygen atoms in total. The van der Waals surface area contributed by atoms with Crippen LogP contribution < -0.4 is 10.2 Å². The van der Waals surface area contributed by atoms with Crippen LogP contribution in [-0.4, -0.2) is 42.8 Å². The number of aliphatic carboxylic acids is 1. The number of hydrogen-bond acceptors (Lipinski definition) is 4. The first kappa shape index (κ1) is 22.2. The molecule has 2 amide bonds. The van der Waals surface area contributed by atoms with Gasteiger partial charge in [0.1, 0.15) is 12.5 Å². The number of hydrogen-bond donors (Lipinski definition) is 2. The Morgan fingerprint density at radius 2 is 1.51 bits per heavy atom. The molecule has 0 saturated heterocycles. The van der Waals surface area contributed by atoms with Crippen molar-refractivity contribution in [2.45, 2.75) is 11.8 Å². The van der Waals surface area contributed by atoms with E-state index in [4.69, 9.17) is 4.74 Å². The minimum Gasteiger partial charge on any atom is -0.481 e. The lowest BCUT2D eigenvalue weighted by molar-refractivity contribution is -0.138. The third-order valence-electron chi connectivity index (χ3n) is 6.37. The number of ether oxygens (including phenoxy) is 1.